The first-order valence-electron chi connectivity index (χ1n) is 25.1. The maximum absolute atomic E-state index is 2.55. The molecular weight excluding hydrogens is 847 g/mol. The van der Waals surface area contributed by atoms with E-state index in [2.05, 4.69) is 245 Å². The third kappa shape index (κ3) is 5.58. The lowest BCUT2D eigenvalue weighted by atomic mass is 9.70. The number of aromatic nitrogens is 2. The van der Waals surface area contributed by atoms with Gasteiger partial charge in [-0.05, 0) is 154 Å². The highest BCUT2D eigenvalue weighted by atomic mass is 15.1. The van der Waals surface area contributed by atoms with E-state index in [9.17, 15) is 0 Å². The fourth-order valence-electron chi connectivity index (χ4n) is 13.3. The maximum atomic E-state index is 2.55. The van der Waals surface area contributed by atoms with E-state index in [4.69, 9.17) is 0 Å². The Kier molecular flexibility index (Phi) is 8.65. The van der Waals surface area contributed by atoms with E-state index in [0.29, 0.717) is 5.92 Å². The Balaban J connectivity index is 0.980. The van der Waals surface area contributed by atoms with Crippen molar-refractivity contribution in [3.05, 3.63) is 269 Å². The van der Waals surface area contributed by atoms with Crippen LogP contribution < -0.4 is 4.90 Å². The van der Waals surface area contributed by atoms with Crippen LogP contribution in [-0.2, 0) is 18.3 Å². The van der Waals surface area contributed by atoms with Gasteiger partial charge in [0.1, 0.15) is 0 Å². The molecule has 2 heterocycles. The van der Waals surface area contributed by atoms with Crippen LogP contribution in [0, 0.1) is 5.92 Å². The smallest absolute Gasteiger partial charge is 0.0725 e. The van der Waals surface area contributed by atoms with Crippen LogP contribution in [0.5, 0.6) is 0 Å². The summed E-state index contributed by atoms with van der Waals surface area (Å²) >= 11 is 0. The van der Waals surface area contributed by atoms with Crippen LogP contribution in [0.2, 0.25) is 0 Å². The topological polar surface area (TPSA) is 13.1 Å². The maximum Gasteiger partial charge on any atom is 0.0725 e. The van der Waals surface area contributed by atoms with Crippen LogP contribution in [0.25, 0.3) is 67.6 Å². The Morgan fingerprint density at radius 3 is 1.69 bits per heavy atom. The average Bonchev–Trinajstić information content (AvgIpc) is 4.13. The lowest BCUT2D eigenvalue weighted by molar-refractivity contribution is 0.721. The van der Waals surface area contributed by atoms with Crippen molar-refractivity contribution in [1.29, 1.82) is 0 Å². The summed E-state index contributed by atoms with van der Waals surface area (Å²) in [6, 6.07) is 71.0. The van der Waals surface area contributed by atoms with Gasteiger partial charge in [0.05, 0.1) is 16.4 Å². The van der Waals surface area contributed by atoms with Crippen molar-refractivity contribution < 1.29 is 0 Å². The van der Waals surface area contributed by atoms with Gasteiger partial charge >= 0.3 is 0 Å². The number of allylic oxidation sites excluding steroid dienone is 6. The summed E-state index contributed by atoms with van der Waals surface area (Å²) in [5.41, 5.74) is 25.3. The molecule has 0 bridgehead atoms. The highest BCUT2D eigenvalue weighted by molar-refractivity contribution is 6.01. The molecule has 10 aromatic rings. The Morgan fingerprint density at radius 1 is 0.457 bits per heavy atom. The molecular formula is C67H49N3. The molecule has 70 heavy (non-hydrogen) atoms. The Labute approximate surface area is 408 Å². The summed E-state index contributed by atoms with van der Waals surface area (Å²) in [5.74, 6) is 0.344. The molecule has 3 nitrogen and oxygen atoms in total. The van der Waals surface area contributed by atoms with Gasteiger partial charge in [-0.3, -0.25) is 0 Å². The van der Waals surface area contributed by atoms with Crippen molar-refractivity contribution in [2.24, 2.45) is 5.92 Å². The minimum Gasteiger partial charge on any atom is -0.313 e. The number of benzene rings is 8. The molecule has 0 aliphatic heterocycles. The van der Waals surface area contributed by atoms with Crippen molar-refractivity contribution in [2.75, 3.05) is 4.90 Å². The third-order valence-electron chi connectivity index (χ3n) is 16.2. The molecule has 0 saturated carbocycles. The molecule has 5 aliphatic rings. The number of hydrogen-bond acceptors (Lipinski definition) is 1. The molecule has 0 amide bonds. The number of rotatable bonds is 6. The monoisotopic (exact) mass is 895 g/mol. The number of hydrogen-bond donors (Lipinski definition) is 0. The van der Waals surface area contributed by atoms with Crippen molar-refractivity contribution in [3.8, 4) is 33.6 Å². The number of fused-ring (bicyclic) bond motifs is 16. The largest absolute Gasteiger partial charge is 0.313 e. The second-order valence-electron chi connectivity index (χ2n) is 19.7. The molecule has 332 valence electrons. The van der Waals surface area contributed by atoms with Gasteiger partial charge in [0.2, 0.25) is 0 Å². The van der Waals surface area contributed by atoms with Crippen LogP contribution >= 0.6 is 0 Å². The van der Waals surface area contributed by atoms with Crippen LogP contribution in [-0.4, -0.2) is 9.13 Å². The molecule has 1 spiro atoms. The van der Waals surface area contributed by atoms with Gasteiger partial charge in [-0.25, -0.2) is 0 Å². The molecule has 1 unspecified atom stereocenters. The third-order valence-corrected chi connectivity index (χ3v) is 16.2. The summed E-state index contributed by atoms with van der Waals surface area (Å²) in [5, 5.41) is 2.60. The van der Waals surface area contributed by atoms with E-state index in [0.717, 1.165) is 49.2 Å². The molecule has 2 aromatic heterocycles. The predicted molar refractivity (Wildman–Crippen MR) is 291 cm³/mol. The van der Waals surface area contributed by atoms with Gasteiger partial charge in [0, 0.05) is 62.1 Å². The van der Waals surface area contributed by atoms with Gasteiger partial charge in [-0.2, -0.15) is 0 Å². The molecule has 1 atom stereocenters. The molecule has 15 rings (SSSR count). The lowest BCUT2D eigenvalue weighted by Crippen LogP contribution is -2.25. The molecule has 3 heteroatoms. The van der Waals surface area contributed by atoms with E-state index >= 15 is 0 Å². The number of nitrogens with zero attached hydrogens (tertiary/aromatic N) is 3. The predicted octanol–water partition coefficient (Wildman–Crippen LogP) is 16.8. The summed E-state index contributed by atoms with van der Waals surface area (Å²) < 4.78 is 5.04. The molecule has 5 aliphatic carbocycles. The van der Waals surface area contributed by atoms with Crippen molar-refractivity contribution in [1.82, 2.24) is 9.13 Å². The second-order valence-corrected chi connectivity index (χ2v) is 19.7. The van der Waals surface area contributed by atoms with E-state index in [1.54, 1.807) is 0 Å². The fraction of sp³-hybridized carbons (Fsp3) is 0.104. The molecule has 0 N–H and O–H groups in total. The average molecular weight is 896 g/mol. The quantitative estimate of drug-likeness (QED) is 0.162. The van der Waals surface area contributed by atoms with Crippen LogP contribution in [0.15, 0.2) is 224 Å². The Hall–Kier alpha value is -8.40. The standard InChI is InChI=1S/C67H49N3/c1-4-18-44(19-5-1)45-32-36-55-57-38-34-50(43-66(57)70(64(55)40-45)47-22-8-3-9-23-47)68(49-33-37-56-54-27-13-17-31-63(54)69(65(56)42-49)46-20-6-2-7-21-46)48-35-39-62-58(41-48)53-26-12-16-30-61(53)67(62)59-28-14-10-24-51(59)52-25-11-15-29-60(52)67/h2-4,6-12,14-26,28-39,41-43,45H,1,5,13,27,40H2. The summed E-state index contributed by atoms with van der Waals surface area (Å²) in [6.07, 6.45) is 21.9. The summed E-state index contributed by atoms with van der Waals surface area (Å²) in [7, 11) is 0. The van der Waals surface area contributed by atoms with Crippen molar-refractivity contribution in [2.45, 2.75) is 37.5 Å². The van der Waals surface area contributed by atoms with Crippen LogP contribution in [0.4, 0.5) is 17.1 Å². The molecule has 0 radical (unpaired) electrons. The first-order valence-corrected chi connectivity index (χ1v) is 25.1. The Bertz CT molecular complexity index is 3880. The van der Waals surface area contributed by atoms with Crippen LogP contribution in [0.3, 0.4) is 0 Å². The Morgan fingerprint density at radius 2 is 1.01 bits per heavy atom. The van der Waals surface area contributed by atoms with Crippen LogP contribution in [0.1, 0.15) is 64.0 Å². The minimum absolute atomic E-state index is 0.344. The minimum atomic E-state index is -0.409. The lowest BCUT2D eigenvalue weighted by Gasteiger charge is -2.31. The van der Waals surface area contributed by atoms with Gasteiger partial charge in [-0.15, -0.1) is 0 Å². The molecule has 8 aromatic carbocycles. The van der Waals surface area contributed by atoms with Gasteiger partial charge in [0.15, 0.2) is 0 Å². The normalized spacial score (nSPS) is 16.5. The van der Waals surface area contributed by atoms with Gasteiger partial charge in [-0.1, -0.05) is 164 Å². The van der Waals surface area contributed by atoms with E-state index in [-0.39, 0.29) is 0 Å². The summed E-state index contributed by atoms with van der Waals surface area (Å²) in [6.45, 7) is 0. The zero-order valence-corrected chi connectivity index (χ0v) is 38.9. The van der Waals surface area contributed by atoms with E-state index in [1.807, 2.05) is 0 Å². The molecule has 0 saturated heterocycles. The zero-order valence-electron chi connectivity index (χ0n) is 38.9. The SMILES string of the molecule is C1=CC(C2C=Cc3c(n(-c4ccccc4)c4cc(N(c5ccc6c(c5)-c5ccccc5C65c6ccccc6-c6ccccc65)c5ccc6c7c(n(-c8ccccc8)c6c5)C=CCC7)ccc34)C2)=CCC1. The second kappa shape index (κ2) is 15.3. The van der Waals surface area contributed by atoms with E-state index in [1.165, 1.54) is 106 Å². The summed E-state index contributed by atoms with van der Waals surface area (Å²) in [4.78, 5) is 2.53. The van der Waals surface area contributed by atoms with Gasteiger partial charge in [0.25, 0.3) is 0 Å². The number of aryl methyl sites for hydroxylation is 1. The number of para-hydroxylation sites is 2. The van der Waals surface area contributed by atoms with Crippen molar-refractivity contribution in [3.63, 3.8) is 0 Å². The first-order chi connectivity index (χ1) is 34.7. The van der Waals surface area contributed by atoms with Crippen molar-refractivity contribution >= 4 is 51.0 Å². The highest BCUT2D eigenvalue weighted by Crippen LogP contribution is 2.63. The number of anilines is 3. The first kappa shape index (κ1) is 39.6. The zero-order chi connectivity index (χ0) is 45.9. The molecule has 0 fully saturated rings. The van der Waals surface area contributed by atoms with E-state index < -0.39 is 5.41 Å². The van der Waals surface area contributed by atoms with Gasteiger partial charge < -0.3 is 14.0 Å². The highest BCUT2D eigenvalue weighted by Gasteiger charge is 2.51. The fourth-order valence-corrected chi connectivity index (χ4v) is 13.3.